The third-order valence-electron chi connectivity index (χ3n) is 2.87. The van der Waals surface area contributed by atoms with Crippen LogP contribution in [-0.2, 0) is 13.1 Å². The van der Waals surface area contributed by atoms with Crippen molar-refractivity contribution in [1.82, 2.24) is 20.3 Å². The summed E-state index contributed by atoms with van der Waals surface area (Å²) >= 11 is 0. The van der Waals surface area contributed by atoms with Crippen molar-refractivity contribution in [2.45, 2.75) is 26.9 Å². The van der Waals surface area contributed by atoms with Crippen molar-refractivity contribution in [1.29, 1.82) is 0 Å². The number of phenolic OH excluding ortho intramolecular Hbond substituents is 1. The van der Waals surface area contributed by atoms with Crippen molar-refractivity contribution in [3.63, 3.8) is 0 Å². The lowest BCUT2D eigenvalue weighted by Crippen LogP contribution is -2.20. The first kappa shape index (κ1) is 12.6. The van der Waals surface area contributed by atoms with Gasteiger partial charge in [-0.15, -0.1) is 5.10 Å². The van der Waals surface area contributed by atoms with Crippen LogP contribution >= 0.6 is 0 Å². The highest BCUT2D eigenvalue weighted by Crippen LogP contribution is 2.22. The Hall–Kier alpha value is -1.88. The molecule has 0 aliphatic rings. The van der Waals surface area contributed by atoms with Crippen LogP contribution in [0.15, 0.2) is 24.5 Å². The molecule has 0 amide bonds. The van der Waals surface area contributed by atoms with E-state index in [0.717, 1.165) is 30.8 Å². The van der Waals surface area contributed by atoms with E-state index in [0.29, 0.717) is 5.75 Å². The van der Waals surface area contributed by atoms with E-state index in [1.165, 1.54) is 5.56 Å². The third kappa shape index (κ3) is 3.07. The number of nitrogens with one attached hydrogen (secondary N) is 1. The van der Waals surface area contributed by atoms with Crippen LogP contribution in [0.5, 0.6) is 5.75 Å². The molecule has 0 radical (unpaired) electrons. The van der Waals surface area contributed by atoms with E-state index >= 15 is 0 Å². The second kappa shape index (κ2) is 5.64. The lowest BCUT2D eigenvalue weighted by Gasteiger charge is -2.09. The lowest BCUT2D eigenvalue weighted by atomic mass is 10.1. The van der Waals surface area contributed by atoms with Crippen LogP contribution in [0.25, 0.3) is 0 Å². The fourth-order valence-electron chi connectivity index (χ4n) is 1.93. The Labute approximate surface area is 106 Å². The molecule has 0 saturated carbocycles. The molecule has 0 unspecified atom stereocenters. The van der Waals surface area contributed by atoms with Crippen molar-refractivity contribution < 1.29 is 5.11 Å². The van der Waals surface area contributed by atoms with Crippen LogP contribution in [0.4, 0.5) is 0 Å². The standard InChI is InChI=1S/C13H18N4O/c1-10-7-12(8-11(2)13(10)18)9-14-3-5-17-6-4-15-16-17/h4,6-8,14,18H,3,5,9H2,1-2H3. The highest BCUT2D eigenvalue weighted by Gasteiger charge is 2.03. The van der Waals surface area contributed by atoms with E-state index < -0.39 is 0 Å². The maximum Gasteiger partial charge on any atom is 0.121 e. The molecule has 1 aromatic heterocycles. The molecule has 2 rings (SSSR count). The number of aromatic nitrogens is 3. The first-order chi connectivity index (χ1) is 8.66. The smallest absolute Gasteiger partial charge is 0.121 e. The predicted octanol–water partition coefficient (Wildman–Crippen LogP) is 1.39. The maximum absolute atomic E-state index is 9.69. The van der Waals surface area contributed by atoms with Crippen LogP contribution in [0, 0.1) is 13.8 Å². The topological polar surface area (TPSA) is 63.0 Å². The number of benzene rings is 1. The Balaban J connectivity index is 1.83. The normalized spacial score (nSPS) is 10.8. The number of hydrogen-bond acceptors (Lipinski definition) is 4. The van der Waals surface area contributed by atoms with Gasteiger partial charge in [-0.05, 0) is 30.5 Å². The lowest BCUT2D eigenvalue weighted by molar-refractivity contribution is 0.466. The first-order valence-corrected chi connectivity index (χ1v) is 6.00. The van der Waals surface area contributed by atoms with Gasteiger partial charge in [0.1, 0.15) is 5.75 Å². The van der Waals surface area contributed by atoms with Crippen LogP contribution in [-0.4, -0.2) is 26.6 Å². The van der Waals surface area contributed by atoms with Crippen LogP contribution in [0.1, 0.15) is 16.7 Å². The van der Waals surface area contributed by atoms with Crippen LogP contribution in [0.3, 0.4) is 0 Å². The number of phenols is 1. The summed E-state index contributed by atoms with van der Waals surface area (Å²) < 4.78 is 1.79. The van der Waals surface area contributed by atoms with E-state index in [-0.39, 0.29) is 0 Å². The van der Waals surface area contributed by atoms with Crippen molar-refractivity contribution in [3.05, 3.63) is 41.2 Å². The molecule has 2 N–H and O–H groups in total. The molecular weight excluding hydrogens is 228 g/mol. The molecule has 2 aromatic rings. The number of rotatable bonds is 5. The van der Waals surface area contributed by atoms with Gasteiger partial charge in [0.2, 0.25) is 0 Å². The molecule has 1 heterocycles. The molecule has 96 valence electrons. The minimum atomic E-state index is 0.390. The molecule has 1 aromatic carbocycles. The van der Waals surface area contributed by atoms with E-state index in [9.17, 15) is 5.11 Å². The van der Waals surface area contributed by atoms with Crippen molar-refractivity contribution in [3.8, 4) is 5.75 Å². The molecule has 5 heteroatoms. The van der Waals surface area contributed by atoms with Gasteiger partial charge in [0.05, 0.1) is 12.7 Å². The van der Waals surface area contributed by atoms with Crippen LogP contribution < -0.4 is 5.32 Å². The molecule has 0 atom stereocenters. The quantitative estimate of drug-likeness (QED) is 0.783. The Kier molecular flexibility index (Phi) is 3.94. The average molecular weight is 246 g/mol. The summed E-state index contributed by atoms with van der Waals surface area (Å²) in [4.78, 5) is 0. The zero-order valence-corrected chi connectivity index (χ0v) is 10.7. The molecule has 0 aliphatic heterocycles. The van der Waals surface area contributed by atoms with Gasteiger partial charge in [-0.3, -0.25) is 4.68 Å². The second-order valence-corrected chi connectivity index (χ2v) is 4.42. The van der Waals surface area contributed by atoms with Crippen molar-refractivity contribution >= 4 is 0 Å². The minimum Gasteiger partial charge on any atom is -0.507 e. The van der Waals surface area contributed by atoms with Gasteiger partial charge < -0.3 is 10.4 Å². The predicted molar refractivity (Wildman–Crippen MR) is 69.3 cm³/mol. The molecule has 0 spiro atoms. The number of aryl methyl sites for hydroxylation is 2. The Morgan fingerprint density at radius 3 is 2.61 bits per heavy atom. The Bertz CT molecular complexity index is 485. The fourth-order valence-corrected chi connectivity index (χ4v) is 1.93. The average Bonchev–Trinajstić information content (AvgIpc) is 2.84. The van der Waals surface area contributed by atoms with E-state index in [2.05, 4.69) is 15.6 Å². The Morgan fingerprint density at radius 1 is 1.28 bits per heavy atom. The van der Waals surface area contributed by atoms with Gasteiger partial charge in [-0.25, -0.2) is 0 Å². The first-order valence-electron chi connectivity index (χ1n) is 6.00. The van der Waals surface area contributed by atoms with Gasteiger partial charge in [0.25, 0.3) is 0 Å². The van der Waals surface area contributed by atoms with Gasteiger partial charge in [0, 0.05) is 19.3 Å². The summed E-state index contributed by atoms with van der Waals surface area (Å²) in [6.45, 7) is 6.26. The minimum absolute atomic E-state index is 0.390. The van der Waals surface area contributed by atoms with Gasteiger partial charge in [-0.2, -0.15) is 0 Å². The molecule has 0 bridgehead atoms. The van der Waals surface area contributed by atoms with Gasteiger partial charge in [0.15, 0.2) is 0 Å². The molecule has 0 fully saturated rings. The molecule has 0 saturated heterocycles. The third-order valence-corrected chi connectivity index (χ3v) is 2.87. The zero-order chi connectivity index (χ0) is 13.0. The monoisotopic (exact) mass is 246 g/mol. The summed E-state index contributed by atoms with van der Waals surface area (Å²) in [5.74, 6) is 0.390. The van der Waals surface area contributed by atoms with E-state index in [1.807, 2.05) is 32.2 Å². The largest absolute Gasteiger partial charge is 0.507 e. The van der Waals surface area contributed by atoms with E-state index in [1.54, 1.807) is 10.9 Å². The van der Waals surface area contributed by atoms with Crippen molar-refractivity contribution in [2.75, 3.05) is 6.54 Å². The number of hydrogen-bond donors (Lipinski definition) is 2. The summed E-state index contributed by atoms with van der Waals surface area (Å²) in [5, 5.41) is 20.7. The fraction of sp³-hybridized carbons (Fsp3) is 0.385. The van der Waals surface area contributed by atoms with Gasteiger partial charge in [-0.1, -0.05) is 17.3 Å². The maximum atomic E-state index is 9.69. The second-order valence-electron chi connectivity index (χ2n) is 4.42. The summed E-state index contributed by atoms with van der Waals surface area (Å²) in [6.07, 6.45) is 3.52. The SMILES string of the molecule is Cc1cc(CNCCn2ccnn2)cc(C)c1O. The van der Waals surface area contributed by atoms with Gasteiger partial charge >= 0.3 is 0 Å². The molecule has 18 heavy (non-hydrogen) atoms. The van der Waals surface area contributed by atoms with Crippen molar-refractivity contribution in [2.24, 2.45) is 0 Å². The summed E-state index contributed by atoms with van der Waals surface area (Å²) in [5.41, 5.74) is 3.02. The number of aromatic hydroxyl groups is 1. The summed E-state index contributed by atoms with van der Waals surface area (Å²) in [7, 11) is 0. The highest BCUT2D eigenvalue weighted by molar-refractivity contribution is 5.42. The summed E-state index contributed by atoms with van der Waals surface area (Å²) in [6, 6.07) is 4.01. The van der Waals surface area contributed by atoms with E-state index in [4.69, 9.17) is 0 Å². The van der Waals surface area contributed by atoms with Crippen LogP contribution in [0.2, 0.25) is 0 Å². The zero-order valence-electron chi connectivity index (χ0n) is 10.7. The Morgan fingerprint density at radius 2 is 2.00 bits per heavy atom. The number of nitrogens with zero attached hydrogens (tertiary/aromatic N) is 3. The molecule has 5 nitrogen and oxygen atoms in total. The highest BCUT2D eigenvalue weighted by atomic mass is 16.3. The molecular formula is C13H18N4O. The molecule has 0 aliphatic carbocycles.